The van der Waals surface area contributed by atoms with E-state index in [1.165, 1.54) is 7.11 Å². The molecule has 19 heavy (non-hydrogen) atoms. The van der Waals surface area contributed by atoms with E-state index in [0.29, 0.717) is 5.56 Å². The van der Waals surface area contributed by atoms with Gasteiger partial charge in [-0.15, -0.1) is 0 Å². The fourth-order valence-corrected chi connectivity index (χ4v) is 2.21. The van der Waals surface area contributed by atoms with Crippen molar-refractivity contribution in [2.24, 2.45) is 0 Å². The van der Waals surface area contributed by atoms with Gasteiger partial charge >= 0.3 is 5.97 Å². The fourth-order valence-electron chi connectivity index (χ4n) is 2.21. The maximum atomic E-state index is 11.7. The SMILES string of the molecule is COC(=O)c1cccc(-c2ccc(O)cc2C)c1C. The van der Waals surface area contributed by atoms with Crippen molar-refractivity contribution in [3.63, 3.8) is 0 Å². The fraction of sp³-hybridized carbons (Fsp3) is 0.188. The van der Waals surface area contributed by atoms with E-state index in [0.717, 1.165) is 22.3 Å². The van der Waals surface area contributed by atoms with E-state index in [1.807, 2.05) is 32.0 Å². The summed E-state index contributed by atoms with van der Waals surface area (Å²) in [7, 11) is 1.38. The van der Waals surface area contributed by atoms with E-state index in [9.17, 15) is 9.90 Å². The maximum absolute atomic E-state index is 11.7. The average Bonchev–Trinajstić information content (AvgIpc) is 2.39. The van der Waals surface area contributed by atoms with Crippen molar-refractivity contribution in [1.82, 2.24) is 0 Å². The Hall–Kier alpha value is -2.29. The van der Waals surface area contributed by atoms with E-state index in [1.54, 1.807) is 18.2 Å². The second-order valence-corrected chi connectivity index (χ2v) is 4.47. The monoisotopic (exact) mass is 256 g/mol. The van der Waals surface area contributed by atoms with Crippen molar-refractivity contribution in [3.05, 3.63) is 53.1 Å². The Morgan fingerprint density at radius 2 is 1.84 bits per heavy atom. The Labute approximate surface area is 112 Å². The maximum Gasteiger partial charge on any atom is 0.338 e. The number of benzene rings is 2. The third-order valence-electron chi connectivity index (χ3n) is 3.24. The van der Waals surface area contributed by atoms with E-state index >= 15 is 0 Å². The Bertz CT molecular complexity index is 630. The summed E-state index contributed by atoms with van der Waals surface area (Å²) in [4.78, 5) is 11.7. The first-order valence-corrected chi connectivity index (χ1v) is 6.02. The molecule has 2 aromatic carbocycles. The number of rotatable bonds is 2. The highest BCUT2D eigenvalue weighted by Gasteiger charge is 2.13. The van der Waals surface area contributed by atoms with Crippen LogP contribution in [0.5, 0.6) is 5.75 Å². The molecule has 0 atom stereocenters. The van der Waals surface area contributed by atoms with Gasteiger partial charge in [-0.1, -0.05) is 18.2 Å². The first-order chi connectivity index (χ1) is 9.04. The predicted molar refractivity (Wildman–Crippen MR) is 74.4 cm³/mol. The molecule has 0 aliphatic heterocycles. The summed E-state index contributed by atoms with van der Waals surface area (Å²) in [5.74, 6) is -0.0983. The highest BCUT2D eigenvalue weighted by atomic mass is 16.5. The molecular formula is C16H16O3. The Morgan fingerprint density at radius 3 is 2.47 bits per heavy atom. The normalized spacial score (nSPS) is 10.3. The van der Waals surface area contributed by atoms with E-state index < -0.39 is 0 Å². The van der Waals surface area contributed by atoms with Crippen LogP contribution in [0.25, 0.3) is 11.1 Å². The van der Waals surface area contributed by atoms with Gasteiger partial charge in [0, 0.05) is 0 Å². The van der Waals surface area contributed by atoms with Gasteiger partial charge in [0.25, 0.3) is 0 Å². The van der Waals surface area contributed by atoms with E-state index in [2.05, 4.69) is 0 Å². The van der Waals surface area contributed by atoms with Crippen LogP contribution in [0.3, 0.4) is 0 Å². The zero-order chi connectivity index (χ0) is 14.0. The summed E-state index contributed by atoms with van der Waals surface area (Å²) < 4.78 is 4.78. The first-order valence-electron chi connectivity index (χ1n) is 6.02. The topological polar surface area (TPSA) is 46.5 Å². The third kappa shape index (κ3) is 2.45. The number of aryl methyl sites for hydroxylation is 1. The Balaban J connectivity index is 2.60. The van der Waals surface area contributed by atoms with Crippen LogP contribution in [0.4, 0.5) is 0 Å². The number of hydrogen-bond acceptors (Lipinski definition) is 3. The van der Waals surface area contributed by atoms with E-state index in [-0.39, 0.29) is 11.7 Å². The zero-order valence-electron chi connectivity index (χ0n) is 11.2. The quantitative estimate of drug-likeness (QED) is 0.837. The second kappa shape index (κ2) is 5.14. The number of carbonyl (C=O) groups excluding carboxylic acids is 1. The number of methoxy groups -OCH3 is 1. The Morgan fingerprint density at radius 1 is 1.11 bits per heavy atom. The van der Waals surface area contributed by atoms with Crippen LogP contribution in [0.1, 0.15) is 21.5 Å². The summed E-state index contributed by atoms with van der Waals surface area (Å²) in [5, 5.41) is 9.46. The van der Waals surface area contributed by atoms with Crippen LogP contribution in [-0.2, 0) is 4.74 Å². The van der Waals surface area contributed by atoms with Crippen molar-refractivity contribution >= 4 is 5.97 Å². The average molecular weight is 256 g/mol. The van der Waals surface area contributed by atoms with Crippen LogP contribution in [0.2, 0.25) is 0 Å². The van der Waals surface area contributed by atoms with Crippen LogP contribution >= 0.6 is 0 Å². The molecule has 0 saturated carbocycles. The molecule has 0 spiro atoms. The second-order valence-electron chi connectivity index (χ2n) is 4.47. The van der Waals surface area contributed by atoms with Gasteiger partial charge in [0.15, 0.2) is 0 Å². The van der Waals surface area contributed by atoms with Crippen molar-refractivity contribution < 1.29 is 14.6 Å². The molecule has 2 aromatic rings. The molecule has 0 aliphatic rings. The molecule has 0 aliphatic carbocycles. The van der Waals surface area contributed by atoms with Gasteiger partial charge in [0.05, 0.1) is 12.7 Å². The van der Waals surface area contributed by atoms with Gasteiger partial charge in [-0.25, -0.2) is 4.79 Å². The molecule has 0 saturated heterocycles. The van der Waals surface area contributed by atoms with Gasteiger partial charge in [-0.05, 0) is 54.3 Å². The summed E-state index contributed by atoms with van der Waals surface area (Å²) in [6, 6.07) is 10.8. The van der Waals surface area contributed by atoms with Crippen LogP contribution in [0.15, 0.2) is 36.4 Å². The molecule has 0 radical (unpaired) electrons. The standard InChI is InChI=1S/C16H16O3/c1-10-9-12(17)7-8-13(10)14-5-4-6-15(11(14)2)16(18)19-3/h4-9,17H,1-3H3. The summed E-state index contributed by atoms with van der Waals surface area (Å²) in [6.07, 6.45) is 0. The van der Waals surface area contributed by atoms with Crippen molar-refractivity contribution in [2.75, 3.05) is 7.11 Å². The molecule has 0 fully saturated rings. The number of carbonyl (C=O) groups is 1. The minimum Gasteiger partial charge on any atom is -0.508 e. The molecule has 0 unspecified atom stereocenters. The smallest absolute Gasteiger partial charge is 0.338 e. The summed E-state index contributed by atoms with van der Waals surface area (Å²) in [6.45, 7) is 3.83. The highest BCUT2D eigenvalue weighted by Crippen LogP contribution is 2.30. The summed E-state index contributed by atoms with van der Waals surface area (Å²) >= 11 is 0. The molecule has 0 aromatic heterocycles. The van der Waals surface area contributed by atoms with Gasteiger partial charge in [-0.2, -0.15) is 0 Å². The zero-order valence-corrected chi connectivity index (χ0v) is 11.2. The van der Waals surface area contributed by atoms with Gasteiger partial charge in [0.2, 0.25) is 0 Å². The Kier molecular flexibility index (Phi) is 3.56. The minimum atomic E-state index is -0.337. The lowest BCUT2D eigenvalue weighted by Crippen LogP contribution is -2.04. The molecule has 98 valence electrons. The molecule has 0 bridgehead atoms. The van der Waals surface area contributed by atoms with Gasteiger partial charge in [-0.3, -0.25) is 0 Å². The molecule has 2 rings (SSSR count). The van der Waals surface area contributed by atoms with Crippen molar-refractivity contribution in [2.45, 2.75) is 13.8 Å². The number of esters is 1. The van der Waals surface area contributed by atoms with Crippen LogP contribution in [-0.4, -0.2) is 18.2 Å². The van der Waals surface area contributed by atoms with Gasteiger partial charge in [0.1, 0.15) is 5.75 Å². The molecule has 3 heteroatoms. The molecule has 1 N–H and O–H groups in total. The number of aromatic hydroxyl groups is 1. The third-order valence-corrected chi connectivity index (χ3v) is 3.24. The van der Waals surface area contributed by atoms with Crippen molar-refractivity contribution in [3.8, 4) is 16.9 Å². The molecule has 0 amide bonds. The predicted octanol–water partition coefficient (Wildman–Crippen LogP) is 3.46. The lowest BCUT2D eigenvalue weighted by Gasteiger charge is -2.12. The number of hydrogen-bond donors (Lipinski definition) is 1. The minimum absolute atomic E-state index is 0.239. The lowest BCUT2D eigenvalue weighted by molar-refractivity contribution is 0.0600. The molecule has 0 heterocycles. The molecule has 3 nitrogen and oxygen atoms in total. The number of phenols is 1. The highest BCUT2D eigenvalue weighted by molar-refractivity contribution is 5.93. The number of ether oxygens (including phenoxy) is 1. The van der Waals surface area contributed by atoms with Crippen LogP contribution < -0.4 is 0 Å². The summed E-state index contributed by atoms with van der Waals surface area (Å²) in [5.41, 5.74) is 4.38. The lowest BCUT2D eigenvalue weighted by atomic mass is 9.93. The first kappa shape index (κ1) is 13.1. The molecular weight excluding hydrogens is 240 g/mol. The largest absolute Gasteiger partial charge is 0.508 e. The van der Waals surface area contributed by atoms with Gasteiger partial charge < -0.3 is 9.84 Å². The number of phenolic OH excluding ortho intramolecular Hbond substituents is 1. The van der Waals surface area contributed by atoms with Crippen molar-refractivity contribution in [1.29, 1.82) is 0 Å². The van der Waals surface area contributed by atoms with E-state index in [4.69, 9.17) is 4.74 Å². The van der Waals surface area contributed by atoms with Crippen LogP contribution in [0, 0.1) is 13.8 Å².